The summed E-state index contributed by atoms with van der Waals surface area (Å²) >= 11 is 1.78. The third-order valence-electron chi connectivity index (χ3n) is 2.68. The highest BCUT2D eigenvalue weighted by Gasteiger charge is 2.10. The molecule has 0 heterocycles. The Hall–Kier alpha value is -0.870. The standard InChI is InChI=1S/C16H27NO2S/c1-6-18-15-11-13(12-17-16(2,3)4)7-8-14(15)19-9-10-20-5/h7-8,11,17H,6,9-10,12H2,1-5H3. The largest absolute Gasteiger partial charge is 0.490 e. The minimum Gasteiger partial charge on any atom is -0.490 e. The second kappa shape index (κ2) is 8.42. The number of benzene rings is 1. The smallest absolute Gasteiger partial charge is 0.161 e. The molecule has 114 valence electrons. The van der Waals surface area contributed by atoms with Gasteiger partial charge in [0.15, 0.2) is 11.5 Å². The van der Waals surface area contributed by atoms with Gasteiger partial charge in [-0.05, 0) is 51.6 Å². The molecule has 1 rings (SSSR count). The normalized spacial score (nSPS) is 11.4. The highest BCUT2D eigenvalue weighted by molar-refractivity contribution is 7.98. The lowest BCUT2D eigenvalue weighted by atomic mass is 10.1. The van der Waals surface area contributed by atoms with Gasteiger partial charge in [0.05, 0.1) is 13.2 Å². The second-order valence-electron chi connectivity index (χ2n) is 5.66. The Balaban J connectivity index is 2.72. The topological polar surface area (TPSA) is 30.5 Å². The van der Waals surface area contributed by atoms with Crippen molar-refractivity contribution < 1.29 is 9.47 Å². The molecule has 20 heavy (non-hydrogen) atoms. The van der Waals surface area contributed by atoms with E-state index in [2.05, 4.69) is 44.5 Å². The van der Waals surface area contributed by atoms with Crippen LogP contribution in [0.25, 0.3) is 0 Å². The van der Waals surface area contributed by atoms with Crippen molar-refractivity contribution in [3.05, 3.63) is 23.8 Å². The zero-order valence-electron chi connectivity index (χ0n) is 13.3. The average Bonchev–Trinajstić information content (AvgIpc) is 2.38. The van der Waals surface area contributed by atoms with Crippen LogP contribution in [0.15, 0.2) is 18.2 Å². The molecule has 0 radical (unpaired) electrons. The Labute approximate surface area is 127 Å². The summed E-state index contributed by atoms with van der Waals surface area (Å²) in [6, 6.07) is 6.16. The Morgan fingerprint density at radius 2 is 1.90 bits per heavy atom. The molecule has 0 aromatic heterocycles. The van der Waals surface area contributed by atoms with Crippen molar-refractivity contribution >= 4 is 11.8 Å². The van der Waals surface area contributed by atoms with E-state index in [0.29, 0.717) is 13.2 Å². The zero-order valence-corrected chi connectivity index (χ0v) is 14.1. The van der Waals surface area contributed by atoms with Crippen molar-refractivity contribution in [1.82, 2.24) is 5.32 Å². The van der Waals surface area contributed by atoms with Gasteiger partial charge in [-0.3, -0.25) is 0 Å². The van der Waals surface area contributed by atoms with Crippen molar-refractivity contribution in [2.75, 3.05) is 25.2 Å². The van der Waals surface area contributed by atoms with Gasteiger partial charge >= 0.3 is 0 Å². The lowest BCUT2D eigenvalue weighted by Gasteiger charge is -2.21. The number of thioether (sulfide) groups is 1. The number of hydrogen-bond acceptors (Lipinski definition) is 4. The van der Waals surface area contributed by atoms with E-state index >= 15 is 0 Å². The van der Waals surface area contributed by atoms with Crippen LogP contribution in [0.3, 0.4) is 0 Å². The molecule has 0 spiro atoms. The SMILES string of the molecule is CCOc1cc(CNC(C)(C)C)ccc1OCCSC. The second-order valence-corrected chi connectivity index (χ2v) is 6.64. The minimum atomic E-state index is 0.110. The molecule has 0 saturated carbocycles. The van der Waals surface area contributed by atoms with Crippen LogP contribution in [-0.2, 0) is 6.54 Å². The van der Waals surface area contributed by atoms with E-state index in [1.807, 2.05) is 13.0 Å². The number of ether oxygens (including phenoxy) is 2. The first kappa shape index (κ1) is 17.2. The first-order valence-electron chi connectivity index (χ1n) is 7.08. The quantitative estimate of drug-likeness (QED) is 0.741. The average molecular weight is 297 g/mol. The van der Waals surface area contributed by atoms with E-state index in [1.165, 1.54) is 5.56 Å². The third-order valence-corrected chi connectivity index (χ3v) is 3.25. The fraction of sp³-hybridized carbons (Fsp3) is 0.625. The van der Waals surface area contributed by atoms with E-state index in [-0.39, 0.29) is 5.54 Å². The van der Waals surface area contributed by atoms with E-state index in [1.54, 1.807) is 11.8 Å². The van der Waals surface area contributed by atoms with Gasteiger partial charge in [0.25, 0.3) is 0 Å². The van der Waals surface area contributed by atoms with Gasteiger partial charge in [-0.2, -0.15) is 11.8 Å². The fourth-order valence-corrected chi connectivity index (χ4v) is 1.90. The van der Waals surface area contributed by atoms with E-state index in [0.717, 1.165) is 23.8 Å². The van der Waals surface area contributed by atoms with Crippen LogP contribution in [0.5, 0.6) is 11.5 Å². The van der Waals surface area contributed by atoms with Gasteiger partial charge < -0.3 is 14.8 Å². The Morgan fingerprint density at radius 1 is 1.15 bits per heavy atom. The van der Waals surface area contributed by atoms with Crippen molar-refractivity contribution in [3.63, 3.8) is 0 Å². The highest BCUT2D eigenvalue weighted by Crippen LogP contribution is 2.28. The molecule has 1 N–H and O–H groups in total. The molecule has 0 aliphatic carbocycles. The summed E-state index contributed by atoms with van der Waals surface area (Å²) in [5, 5.41) is 3.48. The van der Waals surface area contributed by atoms with Gasteiger partial charge in [-0.25, -0.2) is 0 Å². The van der Waals surface area contributed by atoms with Crippen molar-refractivity contribution in [2.45, 2.75) is 39.8 Å². The molecule has 0 bridgehead atoms. The molecule has 3 nitrogen and oxygen atoms in total. The van der Waals surface area contributed by atoms with Gasteiger partial charge in [0, 0.05) is 17.8 Å². The molecule has 0 unspecified atom stereocenters. The fourth-order valence-electron chi connectivity index (χ4n) is 1.65. The molecule has 0 aliphatic rings. The first-order valence-corrected chi connectivity index (χ1v) is 8.48. The van der Waals surface area contributed by atoms with Gasteiger partial charge in [-0.1, -0.05) is 6.07 Å². The summed E-state index contributed by atoms with van der Waals surface area (Å²) in [4.78, 5) is 0. The Kier molecular flexibility index (Phi) is 7.24. The minimum absolute atomic E-state index is 0.110. The molecule has 4 heteroatoms. The summed E-state index contributed by atoms with van der Waals surface area (Å²) < 4.78 is 11.4. The molecule has 0 atom stereocenters. The van der Waals surface area contributed by atoms with Crippen LogP contribution in [-0.4, -0.2) is 30.8 Å². The number of nitrogens with one attached hydrogen (secondary N) is 1. The van der Waals surface area contributed by atoms with Crippen LogP contribution < -0.4 is 14.8 Å². The third kappa shape index (κ3) is 6.53. The number of rotatable bonds is 8. The van der Waals surface area contributed by atoms with E-state index < -0.39 is 0 Å². The van der Waals surface area contributed by atoms with Crippen LogP contribution in [0.4, 0.5) is 0 Å². The molecule has 0 fully saturated rings. The van der Waals surface area contributed by atoms with Crippen LogP contribution in [0.1, 0.15) is 33.3 Å². The molecule has 0 saturated heterocycles. The van der Waals surface area contributed by atoms with Crippen molar-refractivity contribution in [3.8, 4) is 11.5 Å². The predicted octanol–water partition coefficient (Wildman–Crippen LogP) is 3.72. The zero-order chi connectivity index (χ0) is 15.0. The predicted molar refractivity (Wildman–Crippen MR) is 88.1 cm³/mol. The van der Waals surface area contributed by atoms with Crippen molar-refractivity contribution in [2.24, 2.45) is 0 Å². The first-order chi connectivity index (χ1) is 9.46. The maximum Gasteiger partial charge on any atom is 0.161 e. The van der Waals surface area contributed by atoms with E-state index in [9.17, 15) is 0 Å². The molecule has 0 aliphatic heterocycles. The lowest BCUT2D eigenvalue weighted by Crippen LogP contribution is -2.35. The Morgan fingerprint density at radius 3 is 2.50 bits per heavy atom. The summed E-state index contributed by atoms with van der Waals surface area (Å²) in [6.07, 6.45) is 2.08. The van der Waals surface area contributed by atoms with Crippen LogP contribution >= 0.6 is 11.8 Å². The van der Waals surface area contributed by atoms with Crippen molar-refractivity contribution in [1.29, 1.82) is 0 Å². The van der Waals surface area contributed by atoms with Crippen LogP contribution in [0, 0.1) is 0 Å². The van der Waals surface area contributed by atoms with Gasteiger partial charge in [-0.15, -0.1) is 0 Å². The molecular formula is C16H27NO2S. The maximum absolute atomic E-state index is 5.76. The summed E-state index contributed by atoms with van der Waals surface area (Å²) in [7, 11) is 0. The number of hydrogen-bond donors (Lipinski definition) is 1. The molecule has 0 amide bonds. The summed E-state index contributed by atoms with van der Waals surface area (Å²) in [5.74, 6) is 2.65. The molecule has 1 aromatic rings. The van der Waals surface area contributed by atoms with Crippen LogP contribution in [0.2, 0.25) is 0 Å². The summed E-state index contributed by atoms with van der Waals surface area (Å²) in [6.45, 7) is 10.7. The molecular weight excluding hydrogens is 270 g/mol. The highest BCUT2D eigenvalue weighted by atomic mass is 32.2. The lowest BCUT2D eigenvalue weighted by molar-refractivity contribution is 0.289. The maximum atomic E-state index is 5.76. The van der Waals surface area contributed by atoms with Gasteiger partial charge in [0.1, 0.15) is 0 Å². The summed E-state index contributed by atoms with van der Waals surface area (Å²) in [5.41, 5.74) is 1.32. The molecule has 1 aromatic carbocycles. The monoisotopic (exact) mass is 297 g/mol. The van der Waals surface area contributed by atoms with Gasteiger partial charge in [0.2, 0.25) is 0 Å². The van der Waals surface area contributed by atoms with E-state index in [4.69, 9.17) is 9.47 Å². The Bertz CT molecular complexity index is 402.